The number of aromatic hydroxyl groups is 1. The largest absolute Gasteiger partial charge is 0.505 e. The number of hydrogen-bond donors (Lipinski definition) is 2. The van der Waals surface area contributed by atoms with Crippen LogP contribution in [0.2, 0.25) is 0 Å². The van der Waals surface area contributed by atoms with Gasteiger partial charge in [-0.05, 0) is 18.6 Å². The zero-order valence-corrected chi connectivity index (χ0v) is 16.0. The molecule has 150 valence electrons. The molecule has 0 fully saturated rings. The van der Waals surface area contributed by atoms with E-state index in [2.05, 4.69) is 22.2 Å². The first-order chi connectivity index (χ1) is 14.1. The summed E-state index contributed by atoms with van der Waals surface area (Å²) in [6.45, 7) is 0.889. The first kappa shape index (κ1) is 20.1. The number of pyridine rings is 1. The smallest absolute Gasteiger partial charge is 0.290 e. The first-order valence-corrected chi connectivity index (χ1v) is 9.18. The normalized spacial score (nSPS) is 12.9. The van der Waals surface area contributed by atoms with Gasteiger partial charge in [-0.25, -0.2) is 4.98 Å². The lowest BCUT2D eigenvalue weighted by Crippen LogP contribution is -2.34. The summed E-state index contributed by atoms with van der Waals surface area (Å²) >= 11 is 0. The first-order valence-electron chi connectivity index (χ1n) is 9.18. The monoisotopic (exact) mass is 394 g/mol. The minimum Gasteiger partial charge on any atom is -0.505 e. The van der Waals surface area contributed by atoms with E-state index in [0.717, 1.165) is 23.4 Å². The van der Waals surface area contributed by atoms with Gasteiger partial charge < -0.3 is 15.1 Å². The molecule has 0 saturated heterocycles. The predicted octanol–water partition coefficient (Wildman–Crippen LogP) is 2.13. The second kappa shape index (κ2) is 9.01. The molecule has 2 N–H and O–H groups in total. The van der Waals surface area contributed by atoms with Gasteiger partial charge in [-0.15, -0.1) is 0 Å². The second-order valence-electron chi connectivity index (χ2n) is 6.53. The van der Waals surface area contributed by atoms with E-state index >= 15 is 0 Å². The zero-order chi connectivity index (χ0) is 20.8. The predicted molar refractivity (Wildman–Crippen MR) is 107 cm³/mol. The Bertz CT molecular complexity index is 1000. The van der Waals surface area contributed by atoms with Crippen molar-refractivity contribution in [1.82, 2.24) is 19.7 Å². The molecule has 0 spiro atoms. The van der Waals surface area contributed by atoms with Crippen LogP contribution in [0, 0.1) is 0 Å². The van der Waals surface area contributed by atoms with Crippen LogP contribution in [0.15, 0.2) is 48.7 Å². The Morgan fingerprint density at radius 2 is 1.79 bits per heavy atom. The summed E-state index contributed by atoms with van der Waals surface area (Å²) in [6.07, 6.45) is 2.94. The van der Waals surface area contributed by atoms with E-state index in [-0.39, 0.29) is 23.8 Å². The molecular formula is C21H22N4O4. The standard InChI is InChI=1S/C20H20N4O2.CH2O2/c1-23-19(14-6-3-2-4-7-14)15-9-12-24(13-10-16(15)22-23)20(26)18-17(25)8-5-11-21-18;2-1-3/h2-8,11,25H,9-10,12-13H2,1H3;1H,(H,2,3). The van der Waals surface area contributed by atoms with Crippen molar-refractivity contribution in [2.45, 2.75) is 12.8 Å². The van der Waals surface area contributed by atoms with E-state index in [4.69, 9.17) is 9.90 Å². The number of carbonyl (C=O) groups excluding carboxylic acids is 1. The van der Waals surface area contributed by atoms with Crippen molar-refractivity contribution in [3.05, 3.63) is 65.6 Å². The Morgan fingerprint density at radius 1 is 1.10 bits per heavy atom. The van der Waals surface area contributed by atoms with Crippen LogP contribution in [-0.4, -0.2) is 55.3 Å². The number of carbonyl (C=O) groups is 2. The van der Waals surface area contributed by atoms with Crippen molar-refractivity contribution < 1.29 is 19.8 Å². The molecule has 3 aromatic rings. The highest BCUT2D eigenvalue weighted by molar-refractivity contribution is 5.94. The van der Waals surface area contributed by atoms with Gasteiger partial charge in [-0.3, -0.25) is 14.3 Å². The van der Waals surface area contributed by atoms with Crippen LogP contribution in [0.3, 0.4) is 0 Å². The van der Waals surface area contributed by atoms with Crippen molar-refractivity contribution in [2.24, 2.45) is 7.05 Å². The summed E-state index contributed by atoms with van der Waals surface area (Å²) in [5.74, 6) is -0.318. The second-order valence-corrected chi connectivity index (χ2v) is 6.53. The number of amides is 1. The van der Waals surface area contributed by atoms with Gasteiger partial charge in [-0.1, -0.05) is 30.3 Å². The fraction of sp³-hybridized carbons (Fsp3) is 0.238. The molecule has 29 heavy (non-hydrogen) atoms. The maximum atomic E-state index is 12.7. The Morgan fingerprint density at radius 3 is 2.48 bits per heavy atom. The highest BCUT2D eigenvalue weighted by Gasteiger charge is 2.26. The molecule has 2 aromatic heterocycles. The van der Waals surface area contributed by atoms with E-state index in [1.807, 2.05) is 29.9 Å². The number of rotatable bonds is 2. The number of carboxylic acid groups (broad SMARTS) is 1. The van der Waals surface area contributed by atoms with Crippen LogP contribution in [0.5, 0.6) is 5.75 Å². The third-order valence-electron chi connectivity index (χ3n) is 4.80. The maximum absolute atomic E-state index is 12.7. The molecule has 1 aliphatic rings. The van der Waals surface area contributed by atoms with Crippen LogP contribution in [0.1, 0.15) is 21.7 Å². The maximum Gasteiger partial charge on any atom is 0.290 e. The summed E-state index contributed by atoms with van der Waals surface area (Å²) < 4.78 is 1.93. The number of benzene rings is 1. The highest BCUT2D eigenvalue weighted by atomic mass is 16.3. The zero-order valence-electron chi connectivity index (χ0n) is 16.0. The molecular weight excluding hydrogens is 372 g/mol. The molecule has 0 saturated carbocycles. The highest BCUT2D eigenvalue weighted by Crippen LogP contribution is 2.29. The summed E-state index contributed by atoms with van der Waals surface area (Å²) in [6, 6.07) is 13.3. The van der Waals surface area contributed by atoms with Crippen LogP contribution in [0.4, 0.5) is 0 Å². The van der Waals surface area contributed by atoms with Gasteiger partial charge in [0, 0.05) is 43.9 Å². The molecule has 4 rings (SSSR count). The summed E-state index contributed by atoms with van der Waals surface area (Å²) in [5.41, 5.74) is 4.57. The fourth-order valence-corrected chi connectivity index (χ4v) is 3.56. The van der Waals surface area contributed by atoms with Crippen molar-refractivity contribution in [1.29, 1.82) is 0 Å². The Labute approximate surface area is 168 Å². The van der Waals surface area contributed by atoms with E-state index in [1.165, 1.54) is 17.8 Å². The summed E-state index contributed by atoms with van der Waals surface area (Å²) in [7, 11) is 1.96. The van der Waals surface area contributed by atoms with Crippen molar-refractivity contribution in [3.63, 3.8) is 0 Å². The minimum absolute atomic E-state index is 0.0804. The van der Waals surface area contributed by atoms with E-state index in [9.17, 15) is 9.90 Å². The van der Waals surface area contributed by atoms with Crippen molar-refractivity contribution >= 4 is 12.4 Å². The Hall–Kier alpha value is -3.68. The van der Waals surface area contributed by atoms with Gasteiger partial charge in [0.05, 0.1) is 11.4 Å². The third-order valence-corrected chi connectivity index (χ3v) is 4.80. The molecule has 0 bridgehead atoms. The average molecular weight is 394 g/mol. The quantitative estimate of drug-likeness (QED) is 0.645. The number of hydrogen-bond acceptors (Lipinski definition) is 5. The van der Waals surface area contributed by atoms with Crippen LogP contribution >= 0.6 is 0 Å². The molecule has 3 heterocycles. The Balaban J connectivity index is 0.000000755. The number of nitrogens with zero attached hydrogens (tertiary/aromatic N) is 4. The van der Waals surface area contributed by atoms with Crippen molar-refractivity contribution in [3.8, 4) is 17.0 Å². The fourth-order valence-electron chi connectivity index (χ4n) is 3.56. The van der Waals surface area contributed by atoms with Gasteiger partial charge in [0.2, 0.25) is 0 Å². The van der Waals surface area contributed by atoms with E-state index < -0.39 is 0 Å². The van der Waals surface area contributed by atoms with Crippen molar-refractivity contribution in [2.75, 3.05) is 13.1 Å². The SMILES string of the molecule is Cn1nc2c(c1-c1ccccc1)CCN(C(=O)c1ncccc1O)CC2.O=CO. The lowest BCUT2D eigenvalue weighted by atomic mass is 10.0. The lowest BCUT2D eigenvalue weighted by Gasteiger charge is -2.20. The number of fused-ring (bicyclic) bond motifs is 1. The van der Waals surface area contributed by atoms with Crippen LogP contribution in [-0.2, 0) is 24.7 Å². The molecule has 0 aliphatic carbocycles. The summed E-state index contributed by atoms with van der Waals surface area (Å²) in [4.78, 5) is 26.9. The lowest BCUT2D eigenvalue weighted by molar-refractivity contribution is -0.122. The topological polar surface area (TPSA) is 109 Å². The molecule has 0 unspecified atom stereocenters. The summed E-state index contributed by atoms with van der Waals surface area (Å²) in [5, 5.41) is 21.5. The van der Waals surface area contributed by atoms with Gasteiger partial charge in [0.1, 0.15) is 5.75 Å². The molecule has 0 radical (unpaired) electrons. The molecule has 8 heteroatoms. The van der Waals surface area contributed by atoms with Crippen LogP contribution in [0.25, 0.3) is 11.3 Å². The van der Waals surface area contributed by atoms with Gasteiger partial charge >= 0.3 is 0 Å². The molecule has 0 atom stereocenters. The average Bonchev–Trinajstić information content (AvgIpc) is 2.90. The van der Waals surface area contributed by atoms with Gasteiger partial charge in [0.25, 0.3) is 12.4 Å². The van der Waals surface area contributed by atoms with Gasteiger partial charge in [-0.2, -0.15) is 5.10 Å². The number of aromatic nitrogens is 3. The Kier molecular flexibility index (Phi) is 6.23. The number of aryl methyl sites for hydroxylation is 1. The van der Waals surface area contributed by atoms with Gasteiger partial charge in [0.15, 0.2) is 5.69 Å². The minimum atomic E-state index is -0.250. The van der Waals surface area contributed by atoms with Crippen LogP contribution < -0.4 is 0 Å². The third kappa shape index (κ3) is 4.26. The van der Waals surface area contributed by atoms with E-state index in [0.29, 0.717) is 19.5 Å². The molecule has 8 nitrogen and oxygen atoms in total. The molecule has 1 amide bonds. The molecule has 1 aromatic carbocycles. The molecule has 1 aliphatic heterocycles. The van der Waals surface area contributed by atoms with E-state index in [1.54, 1.807) is 11.0 Å².